The van der Waals surface area contributed by atoms with Crippen molar-refractivity contribution in [3.8, 4) is 0 Å². The Morgan fingerprint density at radius 2 is 1.83 bits per heavy atom. The molecule has 2 aromatic rings. The number of rotatable bonds is 3. The van der Waals surface area contributed by atoms with Gasteiger partial charge in [-0.2, -0.15) is 0 Å². The maximum atomic E-state index is 12.9. The number of nitro groups is 1. The summed E-state index contributed by atoms with van der Waals surface area (Å²) in [5, 5.41) is 10.8. The molecule has 0 aliphatic carbocycles. The number of benzene rings is 2. The van der Waals surface area contributed by atoms with E-state index in [9.17, 15) is 14.9 Å². The van der Waals surface area contributed by atoms with Gasteiger partial charge in [-0.25, -0.2) is 0 Å². The van der Waals surface area contributed by atoms with Crippen molar-refractivity contribution in [1.82, 2.24) is 0 Å². The third kappa shape index (κ3) is 2.03. The number of β-lactam (4-membered cyclic amide) rings is 1. The SMILES string of the molecule is O=C1N(c2ccc([N+](=O)[O-])cc2)[C@@H](c2ccccc2)[C@@]12CCCO2. The van der Waals surface area contributed by atoms with Gasteiger partial charge in [0, 0.05) is 24.4 Å². The van der Waals surface area contributed by atoms with Crippen LogP contribution in [0.4, 0.5) is 11.4 Å². The number of hydrogen-bond acceptors (Lipinski definition) is 4. The fourth-order valence-electron chi connectivity index (χ4n) is 3.68. The Labute approximate surface area is 138 Å². The predicted octanol–water partition coefficient (Wildman–Crippen LogP) is 3.23. The van der Waals surface area contributed by atoms with Gasteiger partial charge in [-0.05, 0) is 30.5 Å². The number of nitro benzene ring substituents is 1. The maximum absolute atomic E-state index is 12.9. The number of hydrogen-bond donors (Lipinski definition) is 0. The third-order valence-electron chi connectivity index (χ3n) is 4.79. The molecule has 2 aliphatic rings. The first-order valence-electron chi connectivity index (χ1n) is 7.90. The fourth-order valence-corrected chi connectivity index (χ4v) is 3.68. The molecule has 1 spiro atoms. The zero-order valence-corrected chi connectivity index (χ0v) is 12.9. The van der Waals surface area contributed by atoms with E-state index in [0.717, 1.165) is 12.0 Å². The molecule has 0 radical (unpaired) electrons. The molecule has 2 heterocycles. The van der Waals surface area contributed by atoms with Gasteiger partial charge in [0.25, 0.3) is 11.6 Å². The van der Waals surface area contributed by atoms with E-state index in [1.165, 1.54) is 12.1 Å². The number of nitrogens with zero attached hydrogens (tertiary/aromatic N) is 2. The quantitative estimate of drug-likeness (QED) is 0.493. The lowest BCUT2D eigenvalue weighted by Gasteiger charge is -2.53. The molecule has 0 N–H and O–H groups in total. The Morgan fingerprint density at radius 3 is 2.42 bits per heavy atom. The van der Waals surface area contributed by atoms with Gasteiger partial charge in [0.05, 0.1) is 4.92 Å². The van der Waals surface area contributed by atoms with Gasteiger partial charge in [0.1, 0.15) is 6.04 Å². The van der Waals surface area contributed by atoms with Crippen molar-refractivity contribution in [2.45, 2.75) is 24.5 Å². The molecule has 2 atom stereocenters. The van der Waals surface area contributed by atoms with Crippen molar-refractivity contribution in [1.29, 1.82) is 0 Å². The number of anilines is 1. The van der Waals surface area contributed by atoms with E-state index in [0.29, 0.717) is 18.7 Å². The highest BCUT2D eigenvalue weighted by Gasteiger charge is 2.64. The van der Waals surface area contributed by atoms with Gasteiger partial charge in [0.2, 0.25) is 0 Å². The van der Waals surface area contributed by atoms with Crippen molar-refractivity contribution in [3.63, 3.8) is 0 Å². The van der Waals surface area contributed by atoms with Crippen LogP contribution >= 0.6 is 0 Å². The van der Waals surface area contributed by atoms with Gasteiger partial charge in [-0.3, -0.25) is 19.8 Å². The highest BCUT2D eigenvalue weighted by atomic mass is 16.6. The van der Waals surface area contributed by atoms with Crippen LogP contribution in [0.5, 0.6) is 0 Å². The minimum absolute atomic E-state index is 0.00909. The van der Waals surface area contributed by atoms with Crippen molar-refractivity contribution in [3.05, 3.63) is 70.3 Å². The molecule has 24 heavy (non-hydrogen) atoms. The molecule has 2 saturated heterocycles. The molecular weight excluding hydrogens is 308 g/mol. The Balaban J connectivity index is 1.74. The average molecular weight is 324 g/mol. The molecule has 2 aromatic carbocycles. The lowest BCUT2D eigenvalue weighted by molar-refractivity contribution is -0.384. The molecule has 6 heteroatoms. The number of carbonyl (C=O) groups is 1. The lowest BCUT2D eigenvalue weighted by Crippen LogP contribution is -2.68. The van der Waals surface area contributed by atoms with Crippen LogP contribution in [0.25, 0.3) is 0 Å². The molecule has 4 rings (SSSR count). The van der Waals surface area contributed by atoms with Crippen LogP contribution in [0.15, 0.2) is 54.6 Å². The molecule has 0 bridgehead atoms. The second-order valence-electron chi connectivity index (χ2n) is 6.10. The van der Waals surface area contributed by atoms with Crippen LogP contribution in [0.2, 0.25) is 0 Å². The second kappa shape index (κ2) is 5.42. The van der Waals surface area contributed by atoms with E-state index in [1.807, 2.05) is 30.3 Å². The molecule has 2 fully saturated rings. The zero-order valence-electron chi connectivity index (χ0n) is 12.9. The molecule has 122 valence electrons. The van der Waals surface area contributed by atoms with Crippen molar-refractivity contribution < 1.29 is 14.5 Å². The summed E-state index contributed by atoms with van der Waals surface area (Å²) in [5.41, 5.74) is 0.885. The average Bonchev–Trinajstić information content (AvgIpc) is 3.12. The second-order valence-corrected chi connectivity index (χ2v) is 6.10. The molecule has 0 unspecified atom stereocenters. The number of ether oxygens (including phenoxy) is 1. The number of carbonyl (C=O) groups excluding carboxylic acids is 1. The topological polar surface area (TPSA) is 72.7 Å². The normalized spacial score (nSPS) is 25.8. The standard InChI is InChI=1S/C18H16N2O4/c21-17-18(11-4-12-24-18)16(13-5-2-1-3-6-13)19(17)14-7-9-15(10-8-14)20(22)23/h1-3,5-10,16H,4,11-12H2/t16-,18-/m0/s1. The van der Waals surface area contributed by atoms with Crippen LogP contribution in [-0.2, 0) is 9.53 Å². The summed E-state index contributed by atoms with van der Waals surface area (Å²) in [6.07, 6.45) is 1.57. The summed E-state index contributed by atoms with van der Waals surface area (Å²) in [7, 11) is 0. The largest absolute Gasteiger partial charge is 0.363 e. The van der Waals surface area contributed by atoms with E-state index < -0.39 is 10.5 Å². The Morgan fingerprint density at radius 1 is 1.12 bits per heavy atom. The van der Waals surface area contributed by atoms with Crippen LogP contribution in [0.1, 0.15) is 24.4 Å². The van der Waals surface area contributed by atoms with E-state index >= 15 is 0 Å². The van der Waals surface area contributed by atoms with Crippen LogP contribution in [-0.4, -0.2) is 23.0 Å². The molecule has 2 aliphatic heterocycles. The van der Waals surface area contributed by atoms with Gasteiger partial charge >= 0.3 is 0 Å². The van der Waals surface area contributed by atoms with Crippen LogP contribution < -0.4 is 4.90 Å². The first kappa shape index (κ1) is 14.8. The van der Waals surface area contributed by atoms with Crippen LogP contribution in [0.3, 0.4) is 0 Å². The van der Waals surface area contributed by atoms with Gasteiger partial charge in [-0.15, -0.1) is 0 Å². The minimum Gasteiger partial charge on any atom is -0.363 e. The Kier molecular flexibility index (Phi) is 3.35. The van der Waals surface area contributed by atoms with E-state index in [4.69, 9.17) is 4.74 Å². The van der Waals surface area contributed by atoms with E-state index in [1.54, 1.807) is 17.0 Å². The highest BCUT2D eigenvalue weighted by molar-refractivity contribution is 6.08. The lowest BCUT2D eigenvalue weighted by atomic mass is 9.75. The summed E-state index contributed by atoms with van der Waals surface area (Å²) < 4.78 is 5.87. The predicted molar refractivity (Wildman–Crippen MR) is 87.7 cm³/mol. The summed E-state index contributed by atoms with van der Waals surface area (Å²) in [6, 6.07) is 15.7. The zero-order chi connectivity index (χ0) is 16.7. The van der Waals surface area contributed by atoms with Crippen LogP contribution in [0, 0.1) is 10.1 Å². The summed E-state index contributed by atoms with van der Waals surface area (Å²) >= 11 is 0. The Hall–Kier alpha value is -2.73. The summed E-state index contributed by atoms with van der Waals surface area (Å²) in [5.74, 6) is -0.0669. The van der Waals surface area contributed by atoms with Gasteiger partial charge in [-0.1, -0.05) is 30.3 Å². The van der Waals surface area contributed by atoms with Gasteiger partial charge < -0.3 is 4.74 Å². The van der Waals surface area contributed by atoms with E-state index in [-0.39, 0.29) is 17.6 Å². The van der Waals surface area contributed by atoms with Crippen molar-refractivity contribution in [2.75, 3.05) is 11.5 Å². The molecular formula is C18H16N2O4. The number of amides is 1. The molecule has 6 nitrogen and oxygen atoms in total. The highest BCUT2D eigenvalue weighted by Crippen LogP contribution is 2.52. The monoisotopic (exact) mass is 324 g/mol. The first-order valence-corrected chi connectivity index (χ1v) is 7.90. The maximum Gasteiger partial charge on any atom is 0.269 e. The first-order chi connectivity index (χ1) is 11.6. The third-order valence-corrected chi connectivity index (χ3v) is 4.79. The molecule has 0 saturated carbocycles. The summed E-state index contributed by atoms with van der Waals surface area (Å²) in [4.78, 5) is 24.9. The van der Waals surface area contributed by atoms with Crippen molar-refractivity contribution >= 4 is 17.3 Å². The smallest absolute Gasteiger partial charge is 0.269 e. The fraction of sp³-hybridized carbons (Fsp3) is 0.278. The summed E-state index contributed by atoms with van der Waals surface area (Å²) in [6.45, 7) is 0.586. The molecule has 0 aromatic heterocycles. The molecule has 1 amide bonds. The van der Waals surface area contributed by atoms with E-state index in [2.05, 4.69) is 0 Å². The van der Waals surface area contributed by atoms with Gasteiger partial charge in [0.15, 0.2) is 5.60 Å². The van der Waals surface area contributed by atoms with Crippen molar-refractivity contribution in [2.24, 2.45) is 0 Å². The Bertz CT molecular complexity index is 782. The number of non-ortho nitro benzene ring substituents is 1. The minimum atomic E-state index is -0.789.